The average Bonchev–Trinajstić information content (AvgIpc) is 3.13. The lowest BCUT2D eigenvalue weighted by atomic mass is 9.55. The molecule has 2 atom stereocenters. The minimum atomic E-state index is -1.43. The Labute approximate surface area is 204 Å². The zero-order valence-corrected chi connectivity index (χ0v) is 20.1. The van der Waals surface area contributed by atoms with E-state index in [0.29, 0.717) is 6.42 Å². The van der Waals surface area contributed by atoms with E-state index in [4.69, 9.17) is 9.47 Å². The standard InChI is InChI=1S/C27H30N2O6/c1-26(2,3)35-24(32)28-27(23(30)31)16-12-17(27)14-29(13-16)25(33)34-15-22-20-10-6-4-8-18(20)19-9-5-7-11-21(19)22/h4-11,16-17,22H,12-15H2,1-3H3,(H,28,32)(H,30,31). The highest BCUT2D eigenvalue weighted by Crippen LogP contribution is 2.50. The summed E-state index contributed by atoms with van der Waals surface area (Å²) < 4.78 is 11.0. The molecule has 2 N–H and O–H groups in total. The summed E-state index contributed by atoms with van der Waals surface area (Å²) in [6.45, 7) is 5.78. The highest BCUT2D eigenvalue weighted by Gasteiger charge is 2.65. The van der Waals surface area contributed by atoms with Crippen molar-refractivity contribution in [3.8, 4) is 11.1 Å². The lowest BCUT2D eigenvalue weighted by Gasteiger charge is -2.58. The van der Waals surface area contributed by atoms with Gasteiger partial charge in [0.25, 0.3) is 0 Å². The number of alkyl carbamates (subject to hydrolysis) is 1. The molecular weight excluding hydrogens is 448 g/mol. The first-order valence-corrected chi connectivity index (χ1v) is 11.9. The number of carboxylic acids is 1. The number of hydrogen-bond acceptors (Lipinski definition) is 5. The molecule has 2 bridgehead atoms. The van der Waals surface area contributed by atoms with Gasteiger partial charge in [-0.2, -0.15) is 0 Å². The molecule has 184 valence electrons. The van der Waals surface area contributed by atoms with Crippen LogP contribution in [0, 0.1) is 11.8 Å². The van der Waals surface area contributed by atoms with Crippen LogP contribution in [0.2, 0.25) is 0 Å². The summed E-state index contributed by atoms with van der Waals surface area (Å²) in [7, 11) is 0. The van der Waals surface area contributed by atoms with Gasteiger partial charge in [-0.1, -0.05) is 48.5 Å². The minimum absolute atomic E-state index is 0.0439. The Hall–Kier alpha value is -3.55. The van der Waals surface area contributed by atoms with Gasteiger partial charge in [0.05, 0.1) is 0 Å². The monoisotopic (exact) mass is 478 g/mol. The summed E-state index contributed by atoms with van der Waals surface area (Å²) in [5.41, 5.74) is 2.41. The molecule has 2 aromatic carbocycles. The van der Waals surface area contributed by atoms with Gasteiger partial charge in [0.2, 0.25) is 0 Å². The summed E-state index contributed by atoms with van der Waals surface area (Å²) in [4.78, 5) is 39.1. The molecule has 2 aliphatic heterocycles. The van der Waals surface area contributed by atoms with Crippen LogP contribution < -0.4 is 5.32 Å². The van der Waals surface area contributed by atoms with Gasteiger partial charge in [-0.15, -0.1) is 0 Å². The highest BCUT2D eigenvalue weighted by molar-refractivity contribution is 5.87. The molecule has 2 aliphatic carbocycles. The molecule has 0 radical (unpaired) electrons. The molecule has 8 heteroatoms. The van der Waals surface area contributed by atoms with Gasteiger partial charge in [-0.05, 0) is 49.4 Å². The minimum Gasteiger partial charge on any atom is -0.479 e. The Morgan fingerprint density at radius 2 is 1.54 bits per heavy atom. The maximum Gasteiger partial charge on any atom is 0.409 e. The smallest absolute Gasteiger partial charge is 0.409 e. The molecule has 2 unspecified atom stereocenters. The number of carboxylic acid groups (broad SMARTS) is 1. The van der Waals surface area contributed by atoms with Crippen molar-refractivity contribution in [3.63, 3.8) is 0 Å². The molecule has 6 rings (SSSR count). The van der Waals surface area contributed by atoms with E-state index in [2.05, 4.69) is 29.6 Å². The number of amides is 2. The zero-order valence-electron chi connectivity index (χ0n) is 20.1. The molecule has 0 aromatic heterocycles. The fraction of sp³-hybridized carbons (Fsp3) is 0.444. The number of benzene rings is 2. The van der Waals surface area contributed by atoms with E-state index in [1.807, 2.05) is 24.3 Å². The number of piperidine rings is 2. The molecule has 2 heterocycles. The highest BCUT2D eigenvalue weighted by atomic mass is 16.6. The number of hydrogen-bond donors (Lipinski definition) is 2. The third kappa shape index (κ3) is 3.90. The third-order valence-corrected chi connectivity index (χ3v) is 7.39. The van der Waals surface area contributed by atoms with Crippen LogP contribution in [0.3, 0.4) is 0 Å². The van der Waals surface area contributed by atoms with Crippen LogP contribution in [0.1, 0.15) is 44.2 Å². The van der Waals surface area contributed by atoms with E-state index in [-0.39, 0.29) is 25.6 Å². The van der Waals surface area contributed by atoms with Crippen molar-refractivity contribution in [3.05, 3.63) is 59.7 Å². The summed E-state index contributed by atoms with van der Waals surface area (Å²) in [6.07, 6.45) is -0.600. The number of carbonyl (C=O) groups is 3. The Kier molecular flexibility index (Phi) is 5.49. The third-order valence-electron chi connectivity index (χ3n) is 7.39. The predicted molar refractivity (Wildman–Crippen MR) is 128 cm³/mol. The number of aliphatic carboxylic acids is 1. The Morgan fingerprint density at radius 1 is 1.00 bits per heavy atom. The van der Waals surface area contributed by atoms with Crippen LogP contribution in [0.4, 0.5) is 9.59 Å². The van der Waals surface area contributed by atoms with E-state index in [1.165, 1.54) is 0 Å². The molecule has 8 nitrogen and oxygen atoms in total. The molecular formula is C27H30N2O6. The van der Waals surface area contributed by atoms with Gasteiger partial charge in [-0.3, -0.25) is 0 Å². The van der Waals surface area contributed by atoms with Crippen molar-refractivity contribution in [1.82, 2.24) is 10.2 Å². The van der Waals surface area contributed by atoms with Crippen molar-refractivity contribution >= 4 is 18.2 Å². The van der Waals surface area contributed by atoms with Gasteiger partial charge in [0, 0.05) is 30.8 Å². The summed E-state index contributed by atoms with van der Waals surface area (Å²) in [5.74, 6) is -1.96. The normalized spacial score (nSPS) is 24.6. The summed E-state index contributed by atoms with van der Waals surface area (Å²) >= 11 is 0. The number of rotatable bonds is 4. The van der Waals surface area contributed by atoms with E-state index in [0.717, 1.165) is 22.3 Å². The number of nitrogens with zero attached hydrogens (tertiary/aromatic N) is 1. The Balaban J connectivity index is 1.25. The first-order chi connectivity index (χ1) is 16.6. The molecule has 4 aliphatic rings. The van der Waals surface area contributed by atoms with Crippen LogP contribution in [0.25, 0.3) is 11.1 Å². The van der Waals surface area contributed by atoms with E-state index < -0.39 is 41.1 Å². The van der Waals surface area contributed by atoms with Gasteiger partial charge in [0.15, 0.2) is 0 Å². The van der Waals surface area contributed by atoms with Crippen LogP contribution in [-0.4, -0.2) is 59.0 Å². The second-order valence-electron chi connectivity index (χ2n) is 10.6. The molecule has 2 aromatic rings. The summed E-state index contributed by atoms with van der Waals surface area (Å²) in [5, 5.41) is 12.6. The molecule has 35 heavy (non-hydrogen) atoms. The fourth-order valence-corrected chi connectivity index (χ4v) is 5.85. The molecule has 2 amide bonds. The number of fused-ring (bicyclic) bond motifs is 5. The SMILES string of the molecule is CC(C)(C)OC(=O)NC1(C(=O)O)C2CC1CN(C(=O)OCC1c3ccccc3-c3ccccc31)C2. The molecule has 1 saturated carbocycles. The lowest BCUT2D eigenvalue weighted by molar-refractivity contribution is -0.168. The van der Waals surface area contributed by atoms with Gasteiger partial charge in [0.1, 0.15) is 17.7 Å². The predicted octanol–water partition coefficient (Wildman–Crippen LogP) is 4.24. The van der Waals surface area contributed by atoms with Gasteiger partial charge >= 0.3 is 18.2 Å². The largest absolute Gasteiger partial charge is 0.479 e. The second-order valence-corrected chi connectivity index (χ2v) is 10.6. The van der Waals surface area contributed by atoms with E-state index in [1.54, 1.807) is 25.7 Å². The van der Waals surface area contributed by atoms with Crippen LogP contribution in [0.15, 0.2) is 48.5 Å². The Bertz CT molecular complexity index is 1130. The number of ether oxygens (including phenoxy) is 2. The maximum absolute atomic E-state index is 13.0. The van der Waals surface area contributed by atoms with Gasteiger partial charge in [-0.25, -0.2) is 14.4 Å². The topological polar surface area (TPSA) is 105 Å². The molecule has 3 fully saturated rings. The Morgan fingerprint density at radius 3 is 2.06 bits per heavy atom. The average molecular weight is 479 g/mol. The zero-order chi connectivity index (χ0) is 25.0. The molecule has 0 spiro atoms. The maximum atomic E-state index is 13.0. The lowest BCUT2D eigenvalue weighted by Crippen LogP contribution is -2.77. The van der Waals surface area contributed by atoms with Crippen LogP contribution in [-0.2, 0) is 14.3 Å². The van der Waals surface area contributed by atoms with Crippen LogP contribution >= 0.6 is 0 Å². The van der Waals surface area contributed by atoms with Crippen molar-refractivity contribution in [2.45, 2.75) is 44.2 Å². The first kappa shape index (κ1) is 23.2. The quantitative estimate of drug-likeness (QED) is 0.681. The summed E-state index contributed by atoms with van der Waals surface area (Å²) in [6, 6.07) is 16.3. The van der Waals surface area contributed by atoms with Crippen molar-refractivity contribution in [1.29, 1.82) is 0 Å². The van der Waals surface area contributed by atoms with Crippen molar-refractivity contribution in [2.75, 3.05) is 19.7 Å². The van der Waals surface area contributed by atoms with Gasteiger partial charge < -0.3 is 24.8 Å². The number of carbonyl (C=O) groups excluding carboxylic acids is 2. The van der Waals surface area contributed by atoms with Crippen molar-refractivity contribution in [2.24, 2.45) is 11.8 Å². The van der Waals surface area contributed by atoms with E-state index in [9.17, 15) is 19.5 Å². The van der Waals surface area contributed by atoms with E-state index >= 15 is 0 Å². The first-order valence-electron chi connectivity index (χ1n) is 11.9. The molecule has 2 saturated heterocycles. The number of nitrogens with one attached hydrogen (secondary N) is 1. The second kappa shape index (κ2) is 8.29. The van der Waals surface area contributed by atoms with Crippen LogP contribution in [0.5, 0.6) is 0 Å². The fourth-order valence-electron chi connectivity index (χ4n) is 5.85. The van der Waals surface area contributed by atoms with Crippen molar-refractivity contribution < 1.29 is 29.0 Å².